The molecule has 1 aromatic carbocycles. The number of thiophene rings is 1. The van der Waals surface area contributed by atoms with Gasteiger partial charge in [0.15, 0.2) is 0 Å². The summed E-state index contributed by atoms with van der Waals surface area (Å²) in [6.45, 7) is 2.22. The van der Waals surface area contributed by atoms with Crippen molar-refractivity contribution in [3.8, 4) is 5.69 Å². The van der Waals surface area contributed by atoms with E-state index in [1.54, 1.807) is 29.1 Å². The molecule has 0 unspecified atom stereocenters. The molecule has 0 fully saturated rings. The quantitative estimate of drug-likeness (QED) is 0.601. The predicted molar refractivity (Wildman–Crippen MR) is 93.5 cm³/mol. The zero-order valence-electron chi connectivity index (χ0n) is 13.3. The van der Waals surface area contributed by atoms with Gasteiger partial charge in [-0.15, -0.1) is 11.3 Å². The van der Waals surface area contributed by atoms with Crippen LogP contribution in [-0.4, -0.2) is 15.7 Å². The first kappa shape index (κ1) is 15.6. The van der Waals surface area contributed by atoms with Crippen LogP contribution < -0.4 is 5.32 Å². The number of aryl methyl sites for hydroxylation is 1. The number of carbonyl (C=O) groups excluding carboxylic acids is 1. The second-order valence-electron chi connectivity index (χ2n) is 5.57. The Morgan fingerprint density at radius 2 is 2.12 bits per heavy atom. The third-order valence-corrected chi connectivity index (χ3v) is 4.95. The lowest BCUT2D eigenvalue weighted by atomic mass is 10.3. The molecule has 0 saturated carbocycles. The molecule has 3 aromatic heterocycles. The van der Waals surface area contributed by atoms with Crippen LogP contribution in [0.25, 0.3) is 15.9 Å². The molecule has 0 aliphatic carbocycles. The zero-order valence-corrected chi connectivity index (χ0v) is 14.1. The van der Waals surface area contributed by atoms with E-state index in [9.17, 15) is 9.18 Å². The van der Waals surface area contributed by atoms with Gasteiger partial charge in [-0.25, -0.2) is 9.07 Å². The summed E-state index contributed by atoms with van der Waals surface area (Å²) in [5.41, 5.74) is 1.57. The van der Waals surface area contributed by atoms with Gasteiger partial charge in [-0.3, -0.25) is 4.79 Å². The molecule has 7 heteroatoms. The minimum absolute atomic E-state index is 0.164. The van der Waals surface area contributed by atoms with Crippen LogP contribution in [0.15, 0.2) is 53.1 Å². The summed E-state index contributed by atoms with van der Waals surface area (Å²) in [6, 6.07) is 11.5. The summed E-state index contributed by atoms with van der Waals surface area (Å²) in [5, 5.41) is 8.25. The Morgan fingerprint density at radius 3 is 2.84 bits per heavy atom. The minimum Gasteiger partial charge on any atom is -0.467 e. The molecule has 0 radical (unpaired) electrons. The molecule has 4 rings (SSSR count). The van der Waals surface area contributed by atoms with Crippen LogP contribution in [0.5, 0.6) is 0 Å². The standard InChI is InChI=1S/C18H14FN3O2S/c1-11-15-9-16(17(23)20-10-14-3-2-8-24-14)25-18(15)22(21-11)13-6-4-12(19)5-7-13/h2-9H,10H2,1H3,(H,20,23). The topological polar surface area (TPSA) is 60.1 Å². The number of halogens is 1. The molecule has 0 saturated heterocycles. The summed E-state index contributed by atoms with van der Waals surface area (Å²) in [6.07, 6.45) is 1.57. The largest absolute Gasteiger partial charge is 0.467 e. The lowest BCUT2D eigenvalue weighted by Gasteiger charge is -2.02. The third-order valence-electron chi connectivity index (χ3n) is 3.84. The van der Waals surface area contributed by atoms with Crippen LogP contribution in [0.3, 0.4) is 0 Å². The van der Waals surface area contributed by atoms with Gasteiger partial charge < -0.3 is 9.73 Å². The van der Waals surface area contributed by atoms with Gasteiger partial charge in [0.2, 0.25) is 0 Å². The molecule has 0 aliphatic heterocycles. The Morgan fingerprint density at radius 1 is 1.32 bits per heavy atom. The maximum Gasteiger partial charge on any atom is 0.261 e. The van der Waals surface area contributed by atoms with Gasteiger partial charge in [-0.1, -0.05) is 0 Å². The number of carbonyl (C=O) groups is 1. The Bertz CT molecular complexity index is 1030. The maximum atomic E-state index is 13.1. The summed E-state index contributed by atoms with van der Waals surface area (Å²) >= 11 is 1.35. The Labute approximate surface area is 146 Å². The number of nitrogens with zero attached hydrogens (tertiary/aromatic N) is 2. The van der Waals surface area contributed by atoms with E-state index in [1.165, 1.54) is 23.5 Å². The fourth-order valence-electron chi connectivity index (χ4n) is 2.58. The van der Waals surface area contributed by atoms with Gasteiger partial charge in [0.25, 0.3) is 5.91 Å². The number of furan rings is 1. The van der Waals surface area contributed by atoms with Crippen LogP contribution in [0, 0.1) is 12.7 Å². The van der Waals surface area contributed by atoms with Crippen molar-refractivity contribution >= 4 is 27.5 Å². The molecule has 25 heavy (non-hydrogen) atoms. The Balaban J connectivity index is 1.64. The summed E-state index contributed by atoms with van der Waals surface area (Å²) < 4.78 is 20.1. The van der Waals surface area contributed by atoms with E-state index in [1.807, 2.05) is 19.1 Å². The summed E-state index contributed by atoms with van der Waals surface area (Å²) in [4.78, 5) is 13.8. The van der Waals surface area contributed by atoms with Crippen LogP contribution in [-0.2, 0) is 6.54 Å². The fraction of sp³-hybridized carbons (Fsp3) is 0.111. The molecule has 0 aliphatic rings. The van der Waals surface area contributed by atoms with Crippen LogP contribution in [0.2, 0.25) is 0 Å². The molecular formula is C18H14FN3O2S. The highest BCUT2D eigenvalue weighted by Gasteiger charge is 2.17. The van der Waals surface area contributed by atoms with Gasteiger partial charge in [-0.05, 0) is 49.4 Å². The van der Waals surface area contributed by atoms with Crippen molar-refractivity contribution in [2.45, 2.75) is 13.5 Å². The first-order valence-electron chi connectivity index (χ1n) is 7.67. The fourth-order valence-corrected chi connectivity index (χ4v) is 3.68. The number of benzene rings is 1. The number of hydrogen-bond donors (Lipinski definition) is 1. The molecule has 0 spiro atoms. The number of hydrogen-bond acceptors (Lipinski definition) is 4. The number of nitrogens with one attached hydrogen (secondary N) is 1. The van der Waals surface area contributed by atoms with Crippen LogP contribution in [0.1, 0.15) is 21.1 Å². The average molecular weight is 355 g/mol. The molecule has 3 heterocycles. The first-order chi connectivity index (χ1) is 12.1. The van der Waals surface area contributed by atoms with Crippen molar-refractivity contribution in [2.24, 2.45) is 0 Å². The molecule has 126 valence electrons. The lowest BCUT2D eigenvalue weighted by molar-refractivity contribution is 0.0952. The normalized spacial score (nSPS) is 11.1. The molecule has 5 nitrogen and oxygen atoms in total. The van der Waals surface area contributed by atoms with E-state index in [0.29, 0.717) is 17.2 Å². The second-order valence-corrected chi connectivity index (χ2v) is 6.60. The second kappa shape index (κ2) is 6.18. The van der Waals surface area contributed by atoms with Crippen molar-refractivity contribution in [3.05, 3.63) is 70.9 Å². The van der Waals surface area contributed by atoms with Gasteiger partial charge in [0, 0.05) is 5.39 Å². The van der Waals surface area contributed by atoms with Gasteiger partial charge in [0.05, 0.1) is 29.1 Å². The SMILES string of the molecule is Cc1nn(-c2ccc(F)cc2)c2sc(C(=O)NCc3ccco3)cc12. The third kappa shape index (κ3) is 2.94. The van der Waals surface area contributed by atoms with E-state index in [2.05, 4.69) is 10.4 Å². The van der Waals surface area contributed by atoms with E-state index in [-0.39, 0.29) is 11.7 Å². The molecule has 0 atom stereocenters. The van der Waals surface area contributed by atoms with Gasteiger partial charge in [0.1, 0.15) is 16.4 Å². The zero-order chi connectivity index (χ0) is 17.4. The Kier molecular flexibility index (Phi) is 3.85. The number of fused-ring (bicyclic) bond motifs is 1. The Hall–Kier alpha value is -2.93. The summed E-state index contributed by atoms with van der Waals surface area (Å²) in [7, 11) is 0. The first-order valence-corrected chi connectivity index (χ1v) is 8.49. The molecule has 0 bridgehead atoms. The average Bonchev–Trinajstić information content (AvgIpc) is 3.32. The monoisotopic (exact) mass is 355 g/mol. The van der Waals surface area contributed by atoms with Crippen molar-refractivity contribution < 1.29 is 13.6 Å². The highest BCUT2D eigenvalue weighted by Crippen LogP contribution is 2.30. The number of amides is 1. The lowest BCUT2D eigenvalue weighted by Crippen LogP contribution is -2.21. The van der Waals surface area contributed by atoms with Gasteiger partial charge in [-0.2, -0.15) is 5.10 Å². The van der Waals surface area contributed by atoms with Crippen LogP contribution in [0.4, 0.5) is 4.39 Å². The molecule has 4 aromatic rings. The van der Waals surface area contributed by atoms with Crippen molar-refractivity contribution in [3.63, 3.8) is 0 Å². The van der Waals surface area contributed by atoms with Crippen molar-refractivity contribution in [2.75, 3.05) is 0 Å². The molecule has 1 amide bonds. The van der Waals surface area contributed by atoms with Crippen molar-refractivity contribution in [1.29, 1.82) is 0 Å². The van der Waals surface area contributed by atoms with E-state index < -0.39 is 0 Å². The van der Waals surface area contributed by atoms with Crippen LogP contribution >= 0.6 is 11.3 Å². The minimum atomic E-state index is -0.298. The molecular weight excluding hydrogens is 341 g/mol. The summed E-state index contributed by atoms with van der Waals surface area (Å²) in [5.74, 6) is 0.235. The van der Waals surface area contributed by atoms with E-state index >= 15 is 0 Å². The number of aromatic nitrogens is 2. The van der Waals surface area contributed by atoms with Gasteiger partial charge >= 0.3 is 0 Å². The highest BCUT2D eigenvalue weighted by atomic mass is 32.1. The smallest absolute Gasteiger partial charge is 0.261 e. The van der Waals surface area contributed by atoms with Crippen molar-refractivity contribution in [1.82, 2.24) is 15.1 Å². The number of rotatable bonds is 4. The van der Waals surface area contributed by atoms with E-state index in [0.717, 1.165) is 21.6 Å². The molecule has 1 N–H and O–H groups in total. The highest BCUT2D eigenvalue weighted by molar-refractivity contribution is 7.20. The predicted octanol–water partition coefficient (Wildman–Crippen LogP) is 4.06. The van der Waals surface area contributed by atoms with E-state index in [4.69, 9.17) is 4.42 Å². The maximum absolute atomic E-state index is 13.1.